The third-order valence-corrected chi connectivity index (χ3v) is 5.35. The number of pyridine rings is 1. The van der Waals surface area contributed by atoms with Gasteiger partial charge in [0.15, 0.2) is 5.82 Å². The normalized spacial score (nSPS) is 16.8. The highest BCUT2D eigenvalue weighted by molar-refractivity contribution is 7.09. The Morgan fingerprint density at radius 3 is 3.07 bits per heavy atom. The molecule has 27 heavy (non-hydrogen) atoms. The largest absolute Gasteiger partial charge is 0.377 e. The molecule has 0 aromatic carbocycles. The van der Waals surface area contributed by atoms with E-state index in [0.717, 1.165) is 35.8 Å². The molecule has 0 amide bonds. The molecule has 0 radical (unpaired) electrons. The molecule has 1 unspecified atom stereocenters. The molecule has 1 fully saturated rings. The van der Waals surface area contributed by atoms with Gasteiger partial charge in [0, 0.05) is 49.2 Å². The first-order chi connectivity index (χ1) is 13.2. The molecule has 0 bridgehead atoms. The van der Waals surface area contributed by atoms with Crippen molar-refractivity contribution < 1.29 is 4.74 Å². The fourth-order valence-electron chi connectivity index (χ4n) is 3.27. The molecule has 0 saturated carbocycles. The van der Waals surface area contributed by atoms with Gasteiger partial charge < -0.3 is 9.64 Å². The maximum absolute atomic E-state index is 12.3. The molecule has 1 atom stereocenters. The molecule has 0 aliphatic carbocycles. The van der Waals surface area contributed by atoms with Crippen molar-refractivity contribution in [1.82, 2.24) is 24.1 Å². The van der Waals surface area contributed by atoms with Crippen LogP contribution in [0.25, 0.3) is 11.3 Å². The minimum absolute atomic E-state index is 0.105. The van der Waals surface area contributed by atoms with Crippen molar-refractivity contribution >= 4 is 16.7 Å². The van der Waals surface area contributed by atoms with Gasteiger partial charge in [0.25, 0.3) is 5.56 Å². The van der Waals surface area contributed by atoms with Gasteiger partial charge in [-0.2, -0.15) is 9.47 Å². The lowest BCUT2D eigenvalue weighted by molar-refractivity contribution is 0.179. The number of methoxy groups -OCH3 is 1. The summed E-state index contributed by atoms with van der Waals surface area (Å²) in [5, 5.41) is 5.43. The van der Waals surface area contributed by atoms with Gasteiger partial charge >= 0.3 is 0 Å². The Kier molecular flexibility index (Phi) is 5.21. The predicted octanol–water partition coefficient (Wildman–Crippen LogP) is 1.97. The van der Waals surface area contributed by atoms with Crippen LogP contribution < -0.4 is 10.5 Å². The van der Waals surface area contributed by atoms with E-state index in [0.29, 0.717) is 19.0 Å². The molecule has 0 spiro atoms. The van der Waals surface area contributed by atoms with E-state index in [-0.39, 0.29) is 11.6 Å². The first kappa shape index (κ1) is 17.7. The molecule has 4 rings (SSSR count). The van der Waals surface area contributed by atoms with Crippen LogP contribution in [0.15, 0.2) is 41.5 Å². The van der Waals surface area contributed by atoms with Gasteiger partial charge in [-0.3, -0.25) is 9.78 Å². The van der Waals surface area contributed by atoms with Crippen molar-refractivity contribution in [1.29, 1.82) is 0 Å². The zero-order chi connectivity index (χ0) is 18.6. The van der Waals surface area contributed by atoms with E-state index in [4.69, 9.17) is 4.74 Å². The molecular formula is C18H20N6O2S. The Morgan fingerprint density at radius 2 is 2.26 bits per heavy atom. The van der Waals surface area contributed by atoms with Crippen LogP contribution in [0.3, 0.4) is 0 Å². The molecule has 140 valence electrons. The molecule has 1 saturated heterocycles. The first-order valence-corrected chi connectivity index (χ1v) is 9.58. The Bertz CT molecular complexity index is 958. The van der Waals surface area contributed by atoms with E-state index >= 15 is 0 Å². The molecule has 3 aromatic heterocycles. The van der Waals surface area contributed by atoms with Gasteiger partial charge in [-0.05, 0) is 31.0 Å². The zero-order valence-corrected chi connectivity index (χ0v) is 15.8. The second-order valence-corrected chi connectivity index (χ2v) is 7.13. The quantitative estimate of drug-likeness (QED) is 0.642. The van der Waals surface area contributed by atoms with Gasteiger partial charge in [0.05, 0.1) is 18.3 Å². The van der Waals surface area contributed by atoms with Gasteiger partial charge in [-0.15, -0.1) is 0 Å². The van der Waals surface area contributed by atoms with E-state index in [1.807, 2.05) is 12.1 Å². The van der Waals surface area contributed by atoms with Crippen LogP contribution in [0.5, 0.6) is 0 Å². The summed E-state index contributed by atoms with van der Waals surface area (Å²) in [6, 6.07) is 7.27. The number of nitrogens with zero attached hydrogens (tertiary/aromatic N) is 6. The number of anilines is 1. The maximum Gasteiger partial charge on any atom is 0.266 e. The molecule has 0 N–H and O–H groups in total. The Morgan fingerprint density at radius 1 is 1.33 bits per heavy atom. The predicted molar refractivity (Wildman–Crippen MR) is 103 cm³/mol. The standard InChI is InChI=1S/C18H20N6O2S/c1-26-12-16-20-18(27-22-16)23-9-3-5-14(23)11-24-17(25)7-6-15(21-24)13-4-2-8-19-10-13/h2,4,6-8,10,14H,3,5,9,11-12H2,1H3. The van der Waals surface area contributed by atoms with Crippen LogP contribution in [-0.4, -0.2) is 43.8 Å². The van der Waals surface area contributed by atoms with E-state index in [9.17, 15) is 4.79 Å². The summed E-state index contributed by atoms with van der Waals surface area (Å²) in [5.74, 6) is 0.692. The zero-order valence-electron chi connectivity index (χ0n) is 15.0. The molecule has 1 aliphatic heterocycles. The highest BCUT2D eigenvalue weighted by Gasteiger charge is 2.28. The molecule has 1 aliphatic rings. The number of rotatable bonds is 6. The number of hydrogen-bond acceptors (Lipinski definition) is 8. The van der Waals surface area contributed by atoms with Crippen molar-refractivity contribution in [2.24, 2.45) is 0 Å². The lowest BCUT2D eigenvalue weighted by atomic mass is 10.2. The molecular weight excluding hydrogens is 364 g/mol. The van der Waals surface area contributed by atoms with Crippen LogP contribution in [0.4, 0.5) is 5.13 Å². The molecule has 3 aromatic rings. The third kappa shape index (κ3) is 3.88. The summed E-state index contributed by atoms with van der Waals surface area (Å²) in [6.45, 7) is 1.83. The van der Waals surface area contributed by atoms with E-state index in [1.54, 1.807) is 36.3 Å². The number of ether oxygens (including phenoxy) is 1. The fourth-order valence-corrected chi connectivity index (χ4v) is 4.05. The van der Waals surface area contributed by atoms with Crippen LogP contribution in [-0.2, 0) is 17.9 Å². The van der Waals surface area contributed by atoms with Gasteiger partial charge in [-0.1, -0.05) is 0 Å². The summed E-state index contributed by atoms with van der Waals surface area (Å²) in [5.41, 5.74) is 1.53. The third-order valence-electron chi connectivity index (χ3n) is 4.56. The fraction of sp³-hybridized carbons (Fsp3) is 0.389. The lowest BCUT2D eigenvalue weighted by Crippen LogP contribution is -2.37. The molecule has 9 heteroatoms. The summed E-state index contributed by atoms with van der Waals surface area (Å²) >= 11 is 1.37. The van der Waals surface area contributed by atoms with Gasteiger partial charge in [0.2, 0.25) is 5.13 Å². The average Bonchev–Trinajstić information content (AvgIpc) is 3.34. The van der Waals surface area contributed by atoms with Crippen molar-refractivity contribution in [3.8, 4) is 11.3 Å². The molecule has 8 nitrogen and oxygen atoms in total. The van der Waals surface area contributed by atoms with E-state index in [2.05, 4.69) is 24.3 Å². The van der Waals surface area contributed by atoms with E-state index < -0.39 is 0 Å². The topological polar surface area (TPSA) is 86.0 Å². The molecule has 4 heterocycles. The summed E-state index contributed by atoms with van der Waals surface area (Å²) in [4.78, 5) is 23.3. The van der Waals surface area contributed by atoms with Crippen LogP contribution in [0.1, 0.15) is 18.7 Å². The lowest BCUT2D eigenvalue weighted by Gasteiger charge is -2.23. The maximum atomic E-state index is 12.3. The number of hydrogen-bond donors (Lipinski definition) is 0. The van der Waals surface area contributed by atoms with Crippen molar-refractivity contribution in [3.63, 3.8) is 0 Å². The first-order valence-electron chi connectivity index (χ1n) is 8.81. The monoisotopic (exact) mass is 384 g/mol. The van der Waals surface area contributed by atoms with Crippen molar-refractivity contribution in [3.05, 3.63) is 52.8 Å². The smallest absolute Gasteiger partial charge is 0.266 e. The highest BCUT2D eigenvalue weighted by atomic mass is 32.1. The van der Waals surface area contributed by atoms with Gasteiger partial charge in [-0.25, -0.2) is 9.67 Å². The average molecular weight is 384 g/mol. The highest BCUT2D eigenvalue weighted by Crippen LogP contribution is 2.28. The van der Waals surface area contributed by atoms with Crippen LogP contribution >= 0.6 is 11.5 Å². The Labute approximate surface area is 160 Å². The Hall–Kier alpha value is -2.65. The number of aromatic nitrogens is 5. The SMILES string of the molecule is COCc1nsc(N2CCCC2Cn2nc(-c3cccnc3)ccc2=O)n1. The second-order valence-electron chi connectivity index (χ2n) is 6.40. The Balaban J connectivity index is 1.56. The van der Waals surface area contributed by atoms with Gasteiger partial charge in [0.1, 0.15) is 6.61 Å². The minimum Gasteiger partial charge on any atom is -0.377 e. The second kappa shape index (κ2) is 7.93. The van der Waals surface area contributed by atoms with Crippen LogP contribution in [0.2, 0.25) is 0 Å². The summed E-state index contributed by atoms with van der Waals surface area (Å²) < 4.78 is 11.0. The minimum atomic E-state index is -0.105. The van der Waals surface area contributed by atoms with Crippen molar-refractivity contribution in [2.45, 2.75) is 32.0 Å². The van der Waals surface area contributed by atoms with Crippen LogP contribution in [0, 0.1) is 0 Å². The summed E-state index contributed by atoms with van der Waals surface area (Å²) in [7, 11) is 1.63. The van der Waals surface area contributed by atoms with E-state index in [1.165, 1.54) is 11.5 Å². The van der Waals surface area contributed by atoms with Crippen molar-refractivity contribution in [2.75, 3.05) is 18.6 Å². The summed E-state index contributed by atoms with van der Waals surface area (Å²) in [6.07, 6.45) is 5.51.